The second-order valence-corrected chi connectivity index (χ2v) is 11.7. The molecule has 1 unspecified atom stereocenters. The van der Waals surface area contributed by atoms with Crippen LogP contribution in [-0.4, -0.2) is 60.6 Å². The van der Waals surface area contributed by atoms with Crippen LogP contribution in [-0.2, 0) is 27.2 Å². The van der Waals surface area contributed by atoms with E-state index >= 15 is 0 Å². The van der Waals surface area contributed by atoms with Crippen molar-refractivity contribution in [2.45, 2.75) is 51.5 Å². The number of fused-ring (bicyclic) bond motifs is 1. The predicted octanol–water partition coefficient (Wildman–Crippen LogP) is 5.19. The summed E-state index contributed by atoms with van der Waals surface area (Å²) in [5.41, 5.74) is 5.41. The number of carbonyl (C=O) groups is 3. The number of hydrogen-bond acceptors (Lipinski definition) is 6. The number of hydrogen-bond donors (Lipinski definition) is 2. The zero-order valence-corrected chi connectivity index (χ0v) is 25.3. The molecule has 6 rings (SSSR count). The van der Waals surface area contributed by atoms with Gasteiger partial charge in [-0.1, -0.05) is 50.2 Å². The molecular weight excluding hydrogens is 558 g/mol. The molecule has 0 aromatic heterocycles. The van der Waals surface area contributed by atoms with E-state index in [0.29, 0.717) is 44.2 Å². The zero-order valence-electron chi connectivity index (χ0n) is 25.3. The van der Waals surface area contributed by atoms with Crippen LogP contribution in [0.4, 0.5) is 11.4 Å². The number of carbonyl (C=O) groups excluding carboxylic acids is 2. The number of ether oxygens (including phenoxy) is 2. The number of rotatable bonds is 9. The monoisotopic (exact) mass is 597 g/mol. The fourth-order valence-electron chi connectivity index (χ4n) is 6.96. The third-order valence-corrected chi connectivity index (χ3v) is 9.11. The third kappa shape index (κ3) is 5.76. The van der Waals surface area contributed by atoms with Crippen molar-refractivity contribution >= 4 is 29.2 Å². The lowest BCUT2D eigenvalue weighted by atomic mass is 9.82. The Balaban J connectivity index is 1.34. The lowest BCUT2D eigenvalue weighted by Crippen LogP contribution is -2.35. The van der Waals surface area contributed by atoms with E-state index in [1.807, 2.05) is 65.6 Å². The minimum absolute atomic E-state index is 0.0308. The minimum atomic E-state index is -0.929. The van der Waals surface area contributed by atoms with Crippen LogP contribution in [0.15, 0.2) is 60.7 Å². The van der Waals surface area contributed by atoms with Crippen LogP contribution in [0.25, 0.3) is 0 Å². The summed E-state index contributed by atoms with van der Waals surface area (Å²) >= 11 is 0. The first kappa shape index (κ1) is 29.7. The highest BCUT2D eigenvalue weighted by Crippen LogP contribution is 2.47. The highest BCUT2D eigenvalue weighted by molar-refractivity contribution is 5.95. The van der Waals surface area contributed by atoms with Crippen LogP contribution < -0.4 is 19.7 Å². The molecule has 0 bridgehead atoms. The maximum absolute atomic E-state index is 13.7. The molecule has 0 spiro atoms. The van der Waals surface area contributed by atoms with Crippen LogP contribution in [0.3, 0.4) is 0 Å². The first-order valence-electron chi connectivity index (χ1n) is 15.5. The van der Waals surface area contributed by atoms with Gasteiger partial charge in [0.25, 0.3) is 0 Å². The Kier molecular flexibility index (Phi) is 8.57. The smallest absolute Gasteiger partial charge is 0.309 e. The van der Waals surface area contributed by atoms with Crippen molar-refractivity contribution in [1.82, 2.24) is 4.90 Å². The lowest BCUT2D eigenvalue weighted by molar-refractivity contribution is -0.143. The summed E-state index contributed by atoms with van der Waals surface area (Å²) in [6, 6.07) is 18.7. The Labute approximate surface area is 257 Å². The van der Waals surface area contributed by atoms with E-state index in [9.17, 15) is 19.5 Å². The molecule has 44 heavy (non-hydrogen) atoms. The maximum atomic E-state index is 13.7. The van der Waals surface area contributed by atoms with Crippen molar-refractivity contribution in [3.8, 4) is 11.5 Å². The van der Waals surface area contributed by atoms with Gasteiger partial charge >= 0.3 is 5.97 Å². The number of benzene rings is 3. The summed E-state index contributed by atoms with van der Waals surface area (Å²) in [7, 11) is 0. The SMILES string of the molecule is CCc1cccc(CC)c1NC(=O)CN1C[C@H](c2ccc3c(c2)OCCO3)C(C(=O)O)[C@@H]1c1ccc(N2CCCC2=O)cc1. The number of para-hydroxylation sites is 1. The van der Waals surface area contributed by atoms with E-state index in [1.165, 1.54) is 0 Å². The quantitative estimate of drug-likeness (QED) is 0.350. The van der Waals surface area contributed by atoms with Gasteiger partial charge in [-0.2, -0.15) is 0 Å². The van der Waals surface area contributed by atoms with Gasteiger partial charge in [-0.05, 0) is 65.8 Å². The van der Waals surface area contributed by atoms with E-state index in [2.05, 4.69) is 19.2 Å². The molecule has 9 nitrogen and oxygen atoms in total. The van der Waals surface area contributed by atoms with Gasteiger partial charge < -0.3 is 24.8 Å². The van der Waals surface area contributed by atoms with Gasteiger partial charge in [0.2, 0.25) is 11.8 Å². The number of anilines is 2. The average molecular weight is 598 g/mol. The van der Waals surface area contributed by atoms with Crippen molar-refractivity contribution in [2.24, 2.45) is 5.92 Å². The third-order valence-electron chi connectivity index (χ3n) is 9.11. The topological polar surface area (TPSA) is 108 Å². The number of aryl methyl sites for hydroxylation is 2. The largest absolute Gasteiger partial charge is 0.486 e. The molecule has 2 N–H and O–H groups in total. The summed E-state index contributed by atoms with van der Waals surface area (Å²) in [6.45, 7) is 6.12. The van der Waals surface area contributed by atoms with E-state index in [-0.39, 0.29) is 18.4 Å². The molecule has 3 aliphatic rings. The molecule has 3 heterocycles. The van der Waals surface area contributed by atoms with E-state index < -0.39 is 23.8 Å². The minimum Gasteiger partial charge on any atom is -0.486 e. The molecule has 0 radical (unpaired) electrons. The van der Waals surface area contributed by atoms with Crippen molar-refractivity contribution in [2.75, 3.05) is 43.1 Å². The molecule has 0 aliphatic carbocycles. The number of carboxylic acids is 1. The van der Waals surface area contributed by atoms with Crippen molar-refractivity contribution < 1.29 is 29.0 Å². The Morgan fingerprint density at radius 1 is 0.932 bits per heavy atom. The summed E-state index contributed by atoms with van der Waals surface area (Å²) < 4.78 is 11.5. The van der Waals surface area contributed by atoms with E-state index in [0.717, 1.165) is 52.9 Å². The Hall–Kier alpha value is -4.37. The van der Waals surface area contributed by atoms with Crippen molar-refractivity contribution in [3.63, 3.8) is 0 Å². The van der Waals surface area contributed by atoms with Gasteiger partial charge in [0.15, 0.2) is 11.5 Å². The number of aliphatic carboxylic acids is 1. The Bertz CT molecular complexity index is 1530. The summed E-state index contributed by atoms with van der Waals surface area (Å²) in [5, 5.41) is 13.8. The second kappa shape index (κ2) is 12.7. The standard InChI is InChI=1S/C35H39N3O6/c1-3-22-7-5-8-23(4-2)33(22)36-30(39)21-37-20-27(25-12-15-28-29(19-25)44-18-17-43-28)32(35(41)42)34(37)24-10-13-26(14-11-24)38-16-6-9-31(38)40/h5,7-8,10-15,19,27,32,34H,3-4,6,9,16-18,20-21H2,1-2H3,(H,36,39)(H,41,42)/t27-,32?,34+/m1/s1. The van der Waals surface area contributed by atoms with Crippen molar-refractivity contribution in [1.29, 1.82) is 0 Å². The van der Waals surface area contributed by atoms with Gasteiger partial charge in [0.05, 0.1) is 12.5 Å². The maximum Gasteiger partial charge on any atom is 0.309 e. The summed E-state index contributed by atoms with van der Waals surface area (Å²) in [6.07, 6.45) is 2.93. The first-order valence-corrected chi connectivity index (χ1v) is 15.5. The van der Waals surface area contributed by atoms with Crippen LogP contribution in [0, 0.1) is 5.92 Å². The zero-order chi connectivity index (χ0) is 30.8. The normalized spacial score (nSPS) is 21.5. The molecule has 0 saturated carbocycles. The molecular formula is C35H39N3O6. The number of nitrogens with one attached hydrogen (secondary N) is 1. The fourth-order valence-corrected chi connectivity index (χ4v) is 6.96. The van der Waals surface area contributed by atoms with Gasteiger partial charge in [0.1, 0.15) is 13.2 Å². The lowest BCUT2D eigenvalue weighted by Gasteiger charge is -2.28. The molecule has 3 aromatic carbocycles. The van der Waals surface area contributed by atoms with Crippen molar-refractivity contribution in [3.05, 3.63) is 82.9 Å². The molecule has 230 valence electrons. The molecule has 2 amide bonds. The predicted molar refractivity (Wildman–Crippen MR) is 167 cm³/mol. The molecule has 3 atom stereocenters. The van der Waals surface area contributed by atoms with Gasteiger partial charge in [0, 0.05) is 42.8 Å². The Morgan fingerprint density at radius 3 is 2.25 bits per heavy atom. The van der Waals surface area contributed by atoms with Crippen LogP contribution in [0.5, 0.6) is 11.5 Å². The number of amides is 2. The number of nitrogens with zero attached hydrogens (tertiary/aromatic N) is 2. The van der Waals surface area contributed by atoms with E-state index in [1.54, 1.807) is 4.90 Å². The van der Waals surface area contributed by atoms with Crippen LogP contribution in [0.2, 0.25) is 0 Å². The number of carboxylic acid groups (broad SMARTS) is 1. The molecule has 9 heteroatoms. The molecule has 2 saturated heterocycles. The first-order chi connectivity index (χ1) is 21.4. The highest BCUT2D eigenvalue weighted by atomic mass is 16.6. The van der Waals surface area contributed by atoms with Gasteiger partial charge in [-0.25, -0.2) is 0 Å². The fraction of sp³-hybridized carbons (Fsp3) is 0.400. The number of likely N-dealkylation sites (tertiary alicyclic amines) is 1. The summed E-state index contributed by atoms with van der Waals surface area (Å²) in [4.78, 5) is 42.8. The average Bonchev–Trinajstić information content (AvgIpc) is 3.64. The molecule has 3 aromatic rings. The van der Waals surface area contributed by atoms with Gasteiger partial charge in [-0.15, -0.1) is 0 Å². The van der Waals surface area contributed by atoms with Crippen LogP contribution in [0.1, 0.15) is 60.9 Å². The highest BCUT2D eigenvalue weighted by Gasteiger charge is 2.48. The molecule has 2 fully saturated rings. The van der Waals surface area contributed by atoms with Gasteiger partial charge in [-0.3, -0.25) is 19.3 Å². The van der Waals surface area contributed by atoms with E-state index in [4.69, 9.17) is 9.47 Å². The Morgan fingerprint density at radius 2 is 1.61 bits per heavy atom. The van der Waals surface area contributed by atoms with Crippen LogP contribution >= 0.6 is 0 Å². The summed E-state index contributed by atoms with van der Waals surface area (Å²) in [5.74, 6) is -0.982. The second-order valence-electron chi connectivity index (χ2n) is 11.7. The molecule has 3 aliphatic heterocycles.